The van der Waals surface area contributed by atoms with Crippen molar-refractivity contribution in [2.75, 3.05) is 6.61 Å². The average molecular weight is 667 g/mol. The van der Waals surface area contributed by atoms with Gasteiger partial charge in [-0.15, -0.1) is 0 Å². The highest BCUT2D eigenvalue weighted by Crippen LogP contribution is 2.21. The molecule has 0 fully saturated rings. The molecule has 4 N–H and O–H groups in total. The molecule has 0 radical (unpaired) electrons. The highest BCUT2D eigenvalue weighted by molar-refractivity contribution is 6.11. The standard InChI is InChI=1S/C40H78N2O5/c1-6-7-8-30-33-46-35(2)31-28-26-24-22-20-18-16-14-12-10-9-11-13-15-17-19-21-23-25-27-29-32-36(43)40(42,34-37(41)44)38(45)47-39(3,4)5/h35H,6-34,42H2,1-5H3,(H2,41,44)/t35?,40-/m1/s1. The summed E-state index contributed by atoms with van der Waals surface area (Å²) in [6.07, 6.45) is 33.4. The molecule has 0 saturated carbocycles. The first-order valence-electron chi connectivity index (χ1n) is 19.9. The molecule has 1 amide bonds. The molecule has 0 aromatic rings. The molecular weight excluding hydrogens is 588 g/mol. The number of hydrogen-bond donors (Lipinski definition) is 2. The molecule has 0 spiro atoms. The summed E-state index contributed by atoms with van der Waals surface area (Å²) in [7, 11) is 0. The van der Waals surface area contributed by atoms with Crippen molar-refractivity contribution in [3.05, 3.63) is 0 Å². The fraction of sp³-hybridized carbons (Fsp3) is 0.925. The van der Waals surface area contributed by atoms with E-state index in [0.717, 1.165) is 25.9 Å². The maximum Gasteiger partial charge on any atom is 0.334 e. The summed E-state index contributed by atoms with van der Waals surface area (Å²) in [6.45, 7) is 10.5. The first-order chi connectivity index (χ1) is 22.4. The lowest BCUT2D eigenvalue weighted by atomic mass is 9.87. The van der Waals surface area contributed by atoms with Gasteiger partial charge < -0.3 is 20.9 Å². The van der Waals surface area contributed by atoms with Crippen LogP contribution < -0.4 is 11.5 Å². The van der Waals surface area contributed by atoms with Crippen LogP contribution in [0.25, 0.3) is 0 Å². The first kappa shape index (κ1) is 45.5. The van der Waals surface area contributed by atoms with Gasteiger partial charge in [0.15, 0.2) is 11.3 Å². The highest BCUT2D eigenvalue weighted by atomic mass is 16.6. The molecule has 278 valence electrons. The van der Waals surface area contributed by atoms with E-state index in [1.807, 2.05) is 0 Å². The van der Waals surface area contributed by atoms with Crippen molar-refractivity contribution >= 4 is 17.7 Å². The van der Waals surface area contributed by atoms with Gasteiger partial charge in [-0.05, 0) is 47.0 Å². The Labute approximate surface area is 290 Å². The molecule has 0 heterocycles. The Balaban J connectivity index is 3.52. The number of hydrogen-bond acceptors (Lipinski definition) is 6. The topological polar surface area (TPSA) is 122 Å². The molecule has 0 bridgehead atoms. The van der Waals surface area contributed by atoms with Crippen molar-refractivity contribution in [3.8, 4) is 0 Å². The van der Waals surface area contributed by atoms with Crippen molar-refractivity contribution in [2.24, 2.45) is 11.5 Å². The van der Waals surface area contributed by atoms with E-state index in [4.69, 9.17) is 20.9 Å². The zero-order valence-electron chi connectivity index (χ0n) is 31.8. The predicted octanol–water partition coefficient (Wildman–Crippen LogP) is 10.4. The van der Waals surface area contributed by atoms with E-state index < -0.39 is 35.2 Å². The number of unbranched alkanes of at least 4 members (excludes halogenated alkanes) is 23. The number of amides is 1. The number of esters is 1. The summed E-state index contributed by atoms with van der Waals surface area (Å²) in [5.41, 5.74) is 8.54. The number of carbonyl (C=O) groups excluding carboxylic acids is 3. The van der Waals surface area contributed by atoms with Crippen molar-refractivity contribution in [3.63, 3.8) is 0 Å². The minimum atomic E-state index is -2.00. The smallest absolute Gasteiger partial charge is 0.334 e. The monoisotopic (exact) mass is 667 g/mol. The van der Waals surface area contributed by atoms with Crippen LogP contribution in [0.1, 0.15) is 214 Å². The number of Topliss-reactive ketones (excluding diaryl/α,β-unsaturated/α-hetero) is 1. The molecule has 7 nitrogen and oxygen atoms in total. The second-order valence-corrected chi connectivity index (χ2v) is 15.2. The second-order valence-electron chi connectivity index (χ2n) is 15.2. The van der Waals surface area contributed by atoms with E-state index in [9.17, 15) is 14.4 Å². The van der Waals surface area contributed by atoms with Gasteiger partial charge in [-0.2, -0.15) is 0 Å². The number of ketones is 1. The van der Waals surface area contributed by atoms with Crippen LogP contribution in [0.2, 0.25) is 0 Å². The van der Waals surface area contributed by atoms with Crippen LogP contribution >= 0.6 is 0 Å². The number of primary amides is 1. The molecule has 0 aliphatic rings. The zero-order chi connectivity index (χ0) is 35.2. The average Bonchev–Trinajstić information content (AvgIpc) is 2.99. The fourth-order valence-electron chi connectivity index (χ4n) is 6.12. The normalized spacial score (nSPS) is 13.7. The van der Waals surface area contributed by atoms with Gasteiger partial charge in [-0.1, -0.05) is 155 Å². The first-order valence-corrected chi connectivity index (χ1v) is 19.9. The Hall–Kier alpha value is -1.47. The Morgan fingerprint density at radius 2 is 0.979 bits per heavy atom. The van der Waals surface area contributed by atoms with Gasteiger partial charge in [-0.25, -0.2) is 4.79 Å². The lowest BCUT2D eigenvalue weighted by Crippen LogP contribution is -2.58. The van der Waals surface area contributed by atoms with Crippen molar-refractivity contribution in [2.45, 2.75) is 232 Å². The summed E-state index contributed by atoms with van der Waals surface area (Å²) in [5.74, 6) is -2.14. The minimum Gasteiger partial charge on any atom is -0.458 e. The van der Waals surface area contributed by atoms with Crippen LogP contribution in [0, 0.1) is 0 Å². The molecule has 0 aromatic carbocycles. The van der Waals surface area contributed by atoms with Gasteiger partial charge >= 0.3 is 5.97 Å². The van der Waals surface area contributed by atoms with Gasteiger partial charge in [0.1, 0.15) is 5.60 Å². The molecule has 1 unspecified atom stereocenters. The third kappa shape index (κ3) is 28.1. The van der Waals surface area contributed by atoms with Crippen LogP contribution in [-0.4, -0.2) is 41.5 Å². The van der Waals surface area contributed by atoms with Crippen LogP contribution in [0.5, 0.6) is 0 Å². The molecule has 7 heteroatoms. The summed E-state index contributed by atoms with van der Waals surface area (Å²) in [4.78, 5) is 36.8. The van der Waals surface area contributed by atoms with Crippen molar-refractivity contribution in [1.82, 2.24) is 0 Å². The van der Waals surface area contributed by atoms with Crippen molar-refractivity contribution in [1.29, 1.82) is 0 Å². The quantitative estimate of drug-likeness (QED) is 0.0400. The lowest BCUT2D eigenvalue weighted by molar-refractivity contribution is -0.165. The predicted molar refractivity (Wildman–Crippen MR) is 197 cm³/mol. The molecule has 0 aromatic heterocycles. The Morgan fingerprint density at radius 1 is 0.596 bits per heavy atom. The van der Waals surface area contributed by atoms with Gasteiger partial charge in [0, 0.05) is 13.0 Å². The molecule has 2 atom stereocenters. The highest BCUT2D eigenvalue weighted by Gasteiger charge is 2.45. The van der Waals surface area contributed by atoms with Gasteiger partial charge in [0.25, 0.3) is 0 Å². The molecule has 0 aliphatic carbocycles. The van der Waals surface area contributed by atoms with E-state index in [1.165, 1.54) is 141 Å². The molecule has 0 rings (SSSR count). The minimum absolute atomic E-state index is 0.152. The van der Waals surface area contributed by atoms with E-state index in [0.29, 0.717) is 12.5 Å². The summed E-state index contributed by atoms with van der Waals surface area (Å²) in [5, 5.41) is 0. The zero-order valence-corrected chi connectivity index (χ0v) is 31.8. The van der Waals surface area contributed by atoms with E-state index in [-0.39, 0.29) is 6.42 Å². The third-order valence-electron chi connectivity index (χ3n) is 9.13. The van der Waals surface area contributed by atoms with Crippen molar-refractivity contribution < 1.29 is 23.9 Å². The van der Waals surface area contributed by atoms with E-state index in [1.54, 1.807) is 20.8 Å². The van der Waals surface area contributed by atoms with Gasteiger partial charge in [-0.3, -0.25) is 9.59 Å². The summed E-state index contributed by atoms with van der Waals surface area (Å²) in [6, 6.07) is 0. The van der Waals surface area contributed by atoms with Crippen LogP contribution in [0.4, 0.5) is 0 Å². The number of nitrogens with two attached hydrogens (primary N) is 2. The summed E-state index contributed by atoms with van der Waals surface area (Å²) < 4.78 is 11.2. The maximum absolute atomic E-state index is 12.8. The Morgan fingerprint density at radius 3 is 1.36 bits per heavy atom. The Bertz CT molecular complexity index is 781. The molecular formula is C40H78N2O5. The second kappa shape index (κ2) is 29.4. The van der Waals surface area contributed by atoms with E-state index in [2.05, 4.69) is 13.8 Å². The third-order valence-corrected chi connectivity index (χ3v) is 9.13. The molecule has 0 saturated heterocycles. The number of rotatable bonds is 34. The maximum atomic E-state index is 12.8. The lowest BCUT2D eigenvalue weighted by Gasteiger charge is -2.29. The summed E-state index contributed by atoms with van der Waals surface area (Å²) >= 11 is 0. The Kier molecular flexibility index (Phi) is 28.5. The van der Waals surface area contributed by atoms with Crippen LogP contribution in [-0.2, 0) is 23.9 Å². The number of ether oxygens (including phenoxy) is 2. The fourth-order valence-corrected chi connectivity index (χ4v) is 6.12. The molecule has 0 aliphatic heterocycles. The SMILES string of the molecule is CCCCCCOC(C)CCCCCCCCCCCCCCCCCCCCCCCC(=O)[C@](N)(CC(N)=O)C(=O)OC(C)(C)C. The largest absolute Gasteiger partial charge is 0.458 e. The number of carbonyl (C=O) groups is 3. The van der Waals surface area contributed by atoms with E-state index >= 15 is 0 Å². The molecule has 47 heavy (non-hydrogen) atoms. The van der Waals surface area contributed by atoms with Crippen LogP contribution in [0.3, 0.4) is 0 Å². The van der Waals surface area contributed by atoms with Crippen LogP contribution in [0.15, 0.2) is 0 Å². The van der Waals surface area contributed by atoms with Gasteiger partial charge in [0.2, 0.25) is 5.91 Å². The van der Waals surface area contributed by atoms with Gasteiger partial charge in [0.05, 0.1) is 12.5 Å².